The number of aromatic nitrogens is 1. The Morgan fingerprint density at radius 3 is 2.23 bits per heavy atom. The number of carboxylic acid groups (broad SMARTS) is 1. The number of thioether (sulfide) groups is 1. The third kappa shape index (κ3) is 5.33. The lowest BCUT2D eigenvalue weighted by molar-refractivity contribution is -0.166. The van der Waals surface area contributed by atoms with Crippen molar-refractivity contribution >= 4 is 47.0 Å². The maximum absolute atomic E-state index is 14.0. The van der Waals surface area contributed by atoms with Crippen molar-refractivity contribution in [3.05, 3.63) is 82.1 Å². The Balaban J connectivity index is 1.51. The first-order valence-corrected chi connectivity index (χ1v) is 14.4. The van der Waals surface area contributed by atoms with Crippen LogP contribution in [0.25, 0.3) is 11.3 Å². The molecule has 5 rings (SSSR count). The number of amides is 4. The first-order chi connectivity index (χ1) is 20.7. The van der Waals surface area contributed by atoms with Crippen LogP contribution < -0.4 is 16.6 Å². The number of carboxylic acids is 1. The van der Waals surface area contributed by atoms with Gasteiger partial charge in [-0.3, -0.25) is 28.9 Å². The molecule has 0 spiro atoms. The number of carbonyl (C=O) groups excluding carboxylic acids is 4. The van der Waals surface area contributed by atoms with Crippen molar-refractivity contribution in [1.82, 2.24) is 14.8 Å². The van der Waals surface area contributed by atoms with E-state index < -0.39 is 63.1 Å². The molecule has 228 valence electrons. The van der Waals surface area contributed by atoms with Gasteiger partial charge in [-0.05, 0) is 61.4 Å². The van der Waals surface area contributed by atoms with Gasteiger partial charge in [0.25, 0.3) is 23.3 Å². The summed E-state index contributed by atoms with van der Waals surface area (Å²) >= 11 is 1.13. The zero-order valence-electron chi connectivity index (χ0n) is 23.8. The third-order valence-electron chi connectivity index (χ3n) is 7.56. The van der Waals surface area contributed by atoms with Crippen LogP contribution in [0.1, 0.15) is 42.7 Å². The molecule has 2 saturated heterocycles. The van der Waals surface area contributed by atoms with E-state index in [1.54, 1.807) is 38.1 Å². The van der Waals surface area contributed by atoms with Gasteiger partial charge in [0.2, 0.25) is 5.91 Å². The van der Waals surface area contributed by atoms with E-state index in [4.69, 9.17) is 5.73 Å². The fraction of sp³-hybridized carbons (Fsp3) is 0.267. The summed E-state index contributed by atoms with van der Waals surface area (Å²) in [4.78, 5) is 82.3. The number of fused-ring (bicyclic) bond motifs is 1. The highest BCUT2D eigenvalue weighted by molar-refractivity contribution is 8.01. The van der Waals surface area contributed by atoms with Crippen LogP contribution in [0.3, 0.4) is 0 Å². The topological polar surface area (TPSA) is 203 Å². The molecule has 1 aromatic heterocycles. The number of nitrogens with one attached hydrogen (secondary N) is 2. The number of carbonyl (C=O) groups is 5. The average molecular weight is 620 g/mol. The molecule has 4 atom stereocenters. The van der Waals surface area contributed by atoms with E-state index >= 15 is 0 Å². The molecule has 3 aromatic rings. The second-order valence-corrected chi connectivity index (χ2v) is 12.8. The molecule has 0 bridgehead atoms. The van der Waals surface area contributed by atoms with Crippen molar-refractivity contribution in [2.24, 2.45) is 5.73 Å². The van der Waals surface area contributed by atoms with E-state index in [9.17, 15) is 39.0 Å². The summed E-state index contributed by atoms with van der Waals surface area (Å²) in [5.74, 6) is -4.36. The first kappa shape index (κ1) is 30.5. The Hall–Kier alpha value is -4.95. The van der Waals surface area contributed by atoms with Gasteiger partial charge in [-0.1, -0.05) is 24.3 Å². The molecule has 6 N–H and O–H groups in total. The number of benzene rings is 2. The highest BCUT2D eigenvalue weighted by atomic mass is 32.2. The van der Waals surface area contributed by atoms with Gasteiger partial charge in [0, 0.05) is 23.1 Å². The molecule has 2 fully saturated rings. The quantitative estimate of drug-likeness (QED) is 0.243. The fourth-order valence-electron chi connectivity index (χ4n) is 5.44. The van der Waals surface area contributed by atoms with Gasteiger partial charge in [-0.2, -0.15) is 0 Å². The van der Waals surface area contributed by atoms with E-state index in [0.717, 1.165) is 16.7 Å². The summed E-state index contributed by atoms with van der Waals surface area (Å²) in [5.41, 5.74) is 6.70. The first-order valence-electron chi connectivity index (χ1n) is 13.5. The van der Waals surface area contributed by atoms with Crippen LogP contribution in [0.2, 0.25) is 0 Å². The van der Waals surface area contributed by atoms with E-state index in [1.165, 1.54) is 43.3 Å². The number of nitrogens with two attached hydrogens (primary N) is 1. The molecular weight excluding hydrogens is 590 g/mol. The highest BCUT2D eigenvalue weighted by Crippen LogP contribution is 2.52. The molecular formula is C30H29N5O8S. The van der Waals surface area contributed by atoms with Crippen molar-refractivity contribution in [2.45, 2.75) is 49.0 Å². The van der Waals surface area contributed by atoms with Gasteiger partial charge in [0.05, 0.1) is 0 Å². The van der Waals surface area contributed by atoms with E-state index in [0.29, 0.717) is 21.8 Å². The predicted molar refractivity (Wildman–Crippen MR) is 161 cm³/mol. The number of β-lactam (4-membered cyclic amide) rings is 1. The van der Waals surface area contributed by atoms with Crippen LogP contribution in [-0.2, 0) is 19.2 Å². The van der Waals surface area contributed by atoms with Crippen LogP contribution in [0.5, 0.6) is 5.75 Å². The summed E-state index contributed by atoms with van der Waals surface area (Å²) in [7, 11) is 0. The standard InChI is InChI=1S/C30H29N5O8S/c1-14(36)32-17-8-4-15(5-9-17)20-13-12-19(24(38)33-20)25(39)34(26(40)21(31)16-6-10-18(37)11-7-16)22-27(41)35-23(29(42)43)30(2,3)44-28(22)35/h4-13,21-23,28,37H,31H2,1-3H3,(H,32,36)(H,33,38)(H,42,43)/t21?,22-,23+,28-/m1/s1. The summed E-state index contributed by atoms with van der Waals surface area (Å²) in [6.07, 6.45) is 0. The van der Waals surface area contributed by atoms with Gasteiger partial charge < -0.3 is 31.1 Å². The number of aliphatic carboxylic acids is 1. The van der Waals surface area contributed by atoms with Gasteiger partial charge in [0.1, 0.15) is 34.8 Å². The van der Waals surface area contributed by atoms with Crippen LogP contribution in [0, 0.1) is 0 Å². The Morgan fingerprint density at radius 2 is 1.66 bits per heavy atom. The molecule has 4 amide bonds. The molecule has 3 heterocycles. The lowest BCUT2D eigenvalue weighted by Crippen LogP contribution is -2.72. The van der Waals surface area contributed by atoms with E-state index in [2.05, 4.69) is 10.3 Å². The summed E-state index contributed by atoms with van der Waals surface area (Å²) in [6.45, 7) is 4.68. The summed E-state index contributed by atoms with van der Waals surface area (Å²) in [6, 6.07) is 10.6. The van der Waals surface area contributed by atoms with Crippen LogP contribution >= 0.6 is 11.8 Å². The molecule has 0 aliphatic carbocycles. The molecule has 13 nitrogen and oxygen atoms in total. The molecule has 2 aromatic carbocycles. The number of hydrogen-bond acceptors (Lipinski definition) is 9. The molecule has 1 unspecified atom stereocenters. The van der Waals surface area contributed by atoms with Gasteiger partial charge in [0.15, 0.2) is 0 Å². The monoisotopic (exact) mass is 619 g/mol. The Bertz CT molecular complexity index is 1740. The summed E-state index contributed by atoms with van der Waals surface area (Å²) < 4.78 is -0.938. The SMILES string of the molecule is CC(=O)Nc1ccc(-c2ccc(C(=O)N(C(=O)C(N)c3ccc(O)cc3)[C@@H]3C(=O)N4[C@@H]3SC(C)(C)[C@@H]4C(=O)O)c(=O)[nH]2)cc1. The zero-order chi connectivity index (χ0) is 32.1. The fourth-order valence-corrected chi connectivity index (χ4v) is 7.12. The van der Waals surface area contributed by atoms with Crippen molar-refractivity contribution < 1.29 is 34.2 Å². The molecule has 44 heavy (non-hydrogen) atoms. The number of phenolic OH excluding ortho intramolecular Hbond substituents is 1. The summed E-state index contributed by atoms with van der Waals surface area (Å²) in [5, 5.41) is 21.2. The largest absolute Gasteiger partial charge is 0.508 e. The second kappa shape index (κ2) is 11.3. The van der Waals surface area contributed by atoms with Crippen LogP contribution in [0.15, 0.2) is 65.5 Å². The second-order valence-electron chi connectivity index (χ2n) is 11.0. The Kier molecular flexibility index (Phi) is 7.82. The van der Waals surface area contributed by atoms with Gasteiger partial charge in [-0.15, -0.1) is 11.8 Å². The number of H-pyrrole nitrogens is 1. The number of hydrogen-bond donors (Lipinski definition) is 5. The lowest BCUT2D eigenvalue weighted by atomic mass is 9.94. The smallest absolute Gasteiger partial charge is 0.327 e. The average Bonchev–Trinajstić information content (AvgIpc) is 3.22. The lowest BCUT2D eigenvalue weighted by Gasteiger charge is -2.47. The van der Waals surface area contributed by atoms with E-state index in [1.807, 2.05) is 0 Å². The minimum atomic E-state index is -1.45. The van der Waals surface area contributed by atoms with Crippen molar-refractivity contribution in [3.8, 4) is 17.0 Å². The molecule has 2 aliphatic rings. The number of anilines is 1. The molecule has 0 saturated carbocycles. The van der Waals surface area contributed by atoms with Gasteiger partial charge in [-0.25, -0.2) is 4.79 Å². The minimum Gasteiger partial charge on any atom is -0.508 e. The number of aromatic amines is 1. The number of rotatable bonds is 7. The van der Waals surface area contributed by atoms with Crippen molar-refractivity contribution in [3.63, 3.8) is 0 Å². The molecule has 14 heteroatoms. The number of phenols is 1. The Morgan fingerprint density at radius 1 is 1.02 bits per heavy atom. The van der Waals surface area contributed by atoms with Gasteiger partial charge >= 0.3 is 5.97 Å². The maximum Gasteiger partial charge on any atom is 0.327 e. The van der Waals surface area contributed by atoms with Crippen molar-refractivity contribution in [1.29, 1.82) is 0 Å². The normalized spacial score (nSPS) is 20.7. The number of nitrogens with zero attached hydrogens (tertiary/aromatic N) is 2. The minimum absolute atomic E-state index is 0.0770. The third-order valence-corrected chi connectivity index (χ3v) is 9.11. The van der Waals surface area contributed by atoms with Crippen LogP contribution in [0.4, 0.5) is 5.69 Å². The predicted octanol–water partition coefficient (Wildman–Crippen LogP) is 1.89. The zero-order valence-corrected chi connectivity index (χ0v) is 24.6. The number of imide groups is 1. The highest BCUT2D eigenvalue weighted by Gasteiger charge is 2.66. The number of pyridine rings is 1. The molecule has 0 radical (unpaired) electrons. The Labute approximate surface area is 255 Å². The van der Waals surface area contributed by atoms with Crippen molar-refractivity contribution in [2.75, 3.05) is 5.32 Å². The molecule has 2 aliphatic heterocycles. The van der Waals surface area contributed by atoms with E-state index in [-0.39, 0.29) is 17.2 Å². The maximum atomic E-state index is 14.0. The van der Waals surface area contributed by atoms with Crippen LogP contribution in [-0.4, -0.2) is 76.8 Å². The number of aromatic hydroxyl groups is 1.